The van der Waals surface area contributed by atoms with Crippen LogP contribution in [0.5, 0.6) is 0 Å². The van der Waals surface area contributed by atoms with Crippen LogP contribution in [-0.4, -0.2) is 24.0 Å². The summed E-state index contributed by atoms with van der Waals surface area (Å²) >= 11 is 19.1. The van der Waals surface area contributed by atoms with Gasteiger partial charge in [-0.3, -0.25) is 4.79 Å². The standard InChI is InChI=1S/C10H11Cl3N2OS/c11-6-3-7(12)10(8(13)4-6)15-9(16)5-17-2-1-14/h3-4H,1-2,5,14H2,(H,15,16). The molecular formula is C10H11Cl3N2OS. The molecule has 0 aliphatic rings. The molecule has 0 aromatic heterocycles. The monoisotopic (exact) mass is 312 g/mol. The maximum Gasteiger partial charge on any atom is 0.234 e. The smallest absolute Gasteiger partial charge is 0.234 e. The molecule has 0 saturated carbocycles. The Kier molecular flexibility index (Phi) is 6.44. The molecule has 7 heteroatoms. The first-order valence-electron chi connectivity index (χ1n) is 4.76. The van der Waals surface area contributed by atoms with E-state index >= 15 is 0 Å². The number of carbonyl (C=O) groups excluding carboxylic acids is 1. The second kappa shape index (κ2) is 7.34. The van der Waals surface area contributed by atoms with E-state index in [9.17, 15) is 4.79 Å². The Morgan fingerprint density at radius 1 is 1.29 bits per heavy atom. The second-order valence-corrected chi connectivity index (χ2v) is 5.49. The van der Waals surface area contributed by atoms with E-state index in [2.05, 4.69) is 5.32 Å². The zero-order valence-corrected chi connectivity index (χ0v) is 11.9. The molecule has 0 spiro atoms. The first kappa shape index (κ1) is 14.9. The molecule has 1 amide bonds. The van der Waals surface area contributed by atoms with E-state index in [1.54, 1.807) is 0 Å². The van der Waals surface area contributed by atoms with E-state index in [0.29, 0.717) is 33.1 Å². The Bertz CT molecular complexity index is 392. The van der Waals surface area contributed by atoms with Gasteiger partial charge < -0.3 is 11.1 Å². The number of hydrogen-bond acceptors (Lipinski definition) is 3. The highest BCUT2D eigenvalue weighted by molar-refractivity contribution is 7.99. The number of amides is 1. The predicted molar refractivity (Wildman–Crippen MR) is 76.5 cm³/mol. The van der Waals surface area contributed by atoms with Crippen LogP contribution < -0.4 is 11.1 Å². The van der Waals surface area contributed by atoms with E-state index in [1.807, 2.05) is 0 Å². The lowest BCUT2D eigenvalue weighted by Crippen LogP contribution is -2.16. The van der Waals surface area contributed by atoms with Crippen molar-refractivity contribution >= 4 is 58.2 Å². The van der Waals surface area contributed by atoms with Crippen LogP contribution in [0.25, 0.3) is 0 Å². The minimum Gasteiger partial charge on any atom is -0.330 e. The number of carbonyl (C=O) groups is 1. The van der Waals surface area contributed by atoms with Crippen molar-refractivity contribution in [1.82, 2.24) is 0 Å². The lowest BCUT2D eigenvalue weighted by atomic mass is 10.3. The van der Waals surface area contributed by atoms with E-state index in [0.717, 1.165) is 5.75 Å². The van der Waals surface area contributed by atoms with Gasteiger partial charge in [-0.1, -0.05) is 34.8 Å². The molecule has 3 nitrogen and oxygen atoms in total. The highest BCUT2D eigenvalue weighted by Crippen LogP contribution is 2.33. The zero-order valence-electron chi connectivity index (χ0n) is 8.80. The van der Waals surface area contributed by atoms with Gasteiger partial charge in [-0.15, -0.1) is 0 Å². The second-order valence-electron chi connectivity index (χ2n) is 3.13. The number of anilines is 1. The minimum absolute atomic E-state index is 0.172. The van der Waals surface area contributed by atoms with Crippen LogP contribution in [0.15, 0.2) is 12.1 Å². The Balaban J connectivity index is 2.65. The fourth-order valence-electron chi connectivity index (χ4n) is 1.09. The van der Waals surface area contributed by atoms with Crippen LogP contribution in [0.2, 0.25) is 15.1 Å². The fourth-order valence-corrected chi connectivity index (χ4v) is 2.57. The van der Waals surface area contributed by atoms with Crippen molar-refractivity contribution in [2.24, 2.45) is 5.73 Å². The lowest BCUT2D eigenvalue weighted by molar-refractivity contribution is -0.113. The summed E-state index contributed by atoms with van der Waals surface area (Å²) in [4.78, 5) is 11.6. The van der Waals surface area contributed by atoms with E-state index in [-0.39, 0.29) is 5.91 Å². The molecule has 0 atom stereocenters. The first-order valence-corrected chi connectivity index (χ1v) is 7.05. The van der Waals surface area contributed by atoms with Gasteiger partial charge in [0.25, 0.3) is 0 Å². The van der Waals surface area contributed by atoms with Crippen molar-refractivity contribution in [2.45, 2.75) is 0 Å². The van der Waals surface area contributed by atoms with Crippen LogP contribution in [0.4, 0.5) is 5.69 Å². The molecule has 0 radical (unpaired) electrons. The summed E-state index contributed by atoms with van der Waals surface area (Å²) < 4.78 is 0. The average molecular weight is 314 g/mol. The van der Waals surface area contributed by atoms with Gasteiger partial charge in [0.2, 0.25) is 5.91 Å². The summed E-state index contributed by atoms with van der Waals surface area (Å²) in [5.74, 6) is 0.872. The van der Waals surface area contributed by atoms with Gasteiger partial charge >= 0.3 is 0 Å². The summed E-state index contributed by atoms with van der Waals surface area (Å²) in [6.07, 6.45) is 0. The van der Waals surface area contributed by atoms with Gasteiger partial charge in [0.1, 0.15) is 0 Å². The Morgan fingerprint density at radius 3 is 2.41 bits per heavy atom. The maximum atomic E-state index is 11.6. The molecule has 0 heterocycles. The summed E-state index contributed by atoms with van der Waals surface area (Å²) in [6.45, 7) is 0.542. The fraction of sp³-hybridized carbons (Fsp3) is 0.300. The van der Waals surface area contributed by atoms with Gasteiger partial charge in [-0.25, -0.2) is 0 Å². The van der Waals surface area contributed by atoms with Crippen molar-refractivity contribution in [3.8, 4) is 0 Å². The maximum absolute atomic E-state index is 11.6. The van der Waals surface area contributed by atoms with Crippen molar-refractivity contribution in [3.05, 3.63) is 27.2 Å². The van der Waals surface area contributed by atoms with Crippen molar-refractivity contribution in [1.29, 1.82) is 0 Å². The van der Waals surface area contributed by atoms with E-state index in [1.165, 1.54) is 23.9 Å². The quantitative estimate of drug-likeness (QED) is 0.820. The van der Waals surface area contributed by atoms with Gasteiger partial charge in [-0.05, 0) is 12.1 Å². The number of nitrogens with two attached hydrogens (primary N) is 1. The third kappa shape index (κ3) is 4.94. The van der Waals surface area contributed by atoms with Gasteiger partial charge in [0, 0.05) is 17.3 Å². The van der Waals surface area contributed by atoms with Crippen molar-refractivity contribution in [3.63, 3.8) is 0 Å². The molecule has 3 N–H and O–H groups in total. The number of nitrogens with one attached hydrogen (secondary N) is 1. The molecule has 0 aliphatic carbocycles. The Morgan fingerprint density at radius 2 is 1.88 bits per heavy atom. The summed E-state index contributed by atoms with van der Waals surface area (Å²) in [5.41, 5.74) is 5.71. The zero-order chi connectivity index (χ0) is 12.8. The number of halogens is 3. The predicted octanol–water partition coefficient (Wildman–Crippen LogP) is 3.28. The summed E-state index contributed by atoms with van der Waals surface area (Å²) in [6, 6.07) is 3.05. The molecule has 17 heavy (non-hydrogen) atoms. The van der Waals surface area contributed by atoms with Gasteiger partial charge in [-0.2, -0.15) is 11.8 Å². The van der Waals surface area contributed by atoms with Crippen molar-refractivity contribution < 1.29 is 4.79 Å². The van der Waals surface area contributed by atoms with Crippen LogP contribution in [0.1, 0.15) is 0 Å². The van der Waals surface area contributed by atoms with Crippen molar-refractivity contribution in [2.75, 3.05) is 23.4 Å². The van der Waals surface area contributed by atoms with Crippen LogP contribution >= 0.6 is 46.6 Å². The van der Waals surface area contributed by atoms with Crippen LogP contribution in [-0.2, 0) is 4.79 Å². The summed E-state index contributed by atoms with van der Waals surface area (Å²) in [5, 5.41) is 3.71. The third-order valence-electron chi connectivity index (χ3n) is 1.77. The number of thioether (sulfide) groups is 1. The third-order valence-corrected chi connectivity index (χ3v) is 3.57. The lowest BCUT2D eigenvalue weighted by Gasteiger charge is -2.09. The highest BCUT2D eigenvalue weighted by atomic mass is 35.5. The number of hydrogen-bond donors (Lipinski definition) is 2. The average Bonchev–Trinajstić information content (AvgIpc) is 2.24. The number of benzene rings is 1. The molecule has 94 valence electrons. The molecule has 0 unspecified atom stereocenters. The molecule has 0 saturated heterocycles. The van der Waals surface area contributed by atoms with E-state index in [4.69, 9.17) is 40.5 Å². The van der Waals surface area contributed by atoms with E-state index < -0.39 is 0 Å². The normalized spacial score (nSPS) is 10.4. The topological polar surface area (TPSA) is 55.1 Å². The molecule has 1 rings (SSSR count). The minimum atomic E-state index is -0.172. The molecule has 0 aliphatic heterocycles. The first-order chi connectivity index (χ1) is 8.04. The summed E-state index contributed by atoms with van der Waals surface area (Å²) in [7, 11) is 0. The van der Waals surface area contributed by atoms with Gasteiger partial charge in [0.15, 0.2) is 0 Å². The van der Waals surface area contributed by atoms with Crippen LogP contribution in [0.3, 0.4) is 0 Å². The molecule has 0 fully saturated rings. The highest BCUT2D eigenvalue weighted by Gasteiger charge is 2.11. The SMILES string of the molecule is NCCSCC(=O)Nc1c(Cl)cc(Cl)cc1Cl. The van der Waals surface area contributed by atoms with Gasteiger partial charge in [0.05, 0.1) is 21.5 Å². The molecular weight excluding hydrogens is 303 g/mol. The largest absolute Gasteiger partial charge is 0.330 e. The Labute approximate surface area is 119 Å². The number of rotatable bonds is 5. The van der Waals surface area contributed by atoms with Crippen LogP contribution in [0, 0.1) is 0 Å². The molecule has 1 aromatic rings. The molecule has 0 bridgehead atoms. The molecule has 1 aromatic carbocycles. The Hall–Kier alpha value is -0.130.